The molecule has 0 aliphatic rings. The predicted molar refractivity (Wildman–Crippen MR) is 102 cm³/mol. The second-order valence-electron chi connectivity index (χ2n) is 5.82. The lowest BCUT2D eigenvalue weighted by Crippen LogP contribution is -2.38. The van der Waals surface area contributed by atoms with Gasteiger partial charge < -0.3 is 20.5 Å². The van der Waals surface area contributed by atoms with Gasteiger partial charge in [0.2, 0.25) is 0 Å². The summed E-state index contributed by atoms with van der Waals surface area (Å²) >= 11 is 0. The Balaban J connectivity index is 1.88. The van der Waals surface area contributed by atoms with Crippen molar-refractivity contribution in [3.8, 4) is 5.75 Å². The Hall–Kier alpha value is -2.60. The Morgan fingerprint density at radius 3 is 2.62 bits per heavy atom. The first-order valence-electron chi connectivity index (χ1n) is 8.71. The van der Waals surface area contributed by atoms with Crippen LogP contribution in [0.3, 0.4) is 0 Å². The molecule has 0 bridgehead atoms. The number of aliphatic imine (C=N–C) groups is 1. The van der Waals surface area contributed by atoms with Gasteiger partial charge in [-0.05, 0) is 48.7 Å². The van der Waals surface area contributed by atoms with Gasteiger partial charge in [0.1, 0.15) is 11.6 Å². The summed E-state index contributed by atoms with van der Waals surface area (Å²) in [6, 6.07) is 13.8. The van der Waals surface area contributed by atoms with Crippen LogP contribution in [-0.2, 0) is 6.42 Å². The van der Waals surface area contributed by atoms with Crippen molar-refractivity contribution >= 4 is 5.96 Å². The van der Waals surface area contributed by atoms with Gasteiger partial charge >= 0.3 is 0 Å². The van der Waals surface area contributed by atoms with Gasteiger partial charge in [0.25, 0.3) is 0 Å². The van der Waals surface area contributed by atoms with Gasteiger partial charge in [0.05, 0.1) is 19.8 Å². The van der Waals surface area contributed by atoms with E-state index in [0.717, 1.165) is 16.9 Å². The van der Waals surface area contributed by atoms with Crippen LogP contribution in [0.2, 0.25) is 0 Å². The zero-order valence-electron chi connectivity index (χ0n) is 15.2. The number of aliphatic hydroxyl groups excluding tert-OH is 1. The highest BCUT2D eigenvalue weighted by molar-refractivity contribution is 5.79. The van der Waals surface area contributed by atoms with Crippen LogP contribution in [0.4, 0.5) is 4.39 Å². The Kier molecular flexibility index (Phi) is 7.89. The van der Waals surface area contributed by atoms with Crippen LogP contribution >= 0.6 is 0 Å². The summed E-state index contributed by atoms with van der Waals surface area (Å²) < 4.78 is 18.3. The number of benzene rings is 2. The second kappa shape index (κ2) is 10.4. The maximum atomic E-state index is 13.2. The van der Waals surface area contributed by atoms with Crippen molar-refractivity contribution in [2.75, 3.05) is 26.7 Å². The van der Waals surface area contributed by atoms with Crippen LogP contribution < -0.4 is 15.4 Å². The van der Waals surface area contributed by atoms with Crippen molar-refractivity contribution < 1.29 is 14.2 Å². The number of hydrogen-bond donors (Lipinski definition) is 3. The summed E-state index contributed by atoms with van der Waals surface area (Å²) in [5.74, 6) is 1.14. The molecule has 26 heavy (non-hydrogen) atoms. The van der Waals surface area contributed by atoms with E-state index in [-0.39, 0.29) is 12.4 Å². The van der Waals surface area contributed by atoms with Gasteiger partial charge in [-0.25, -0.2) is 4.39 Å². The first kappa shape index (κ1) is 19.7. The zero-order chi connectivity index (χ0) is 18.8. The topological polar surface area (TPSA) is 65.9 Å². The molecule has 140 valence electrons. The minimum atomic E-state index is -0.695. The third kappa shape index (κ3) is 6.37. The second-order valence-corrected chi connectivity index (χ2v) is 5.82. The molecule has 0 aliphatic heterocycles. The molecule has 3 N–H and O–H groups in total. The highest BCUT2D eigenvalue weighted by Gasteiger charge is 2.08. The fourth-order valence-electron chi connectivity index (χ4n) is 2.47. The molecular formula is C20H26FN3O2. The number of methoxy groups -OCH3 is 1. The Bertz CT molecular complexity index is 704. The molecule has 0 aromatic heterocycles. The SMILES string of the molecule is CCNC(=NCC(O)c1ccc(OC)cc1)NCCc1cccc(F)c1. The number of halogens is 1. The van der Waals surface area contributed by atoms with Gasteiger partial charge in [0, 0.05) is 13.1 Å². The number of rotatable bonds is 8. The summed E-state index contributed by atoms with van der Waals surface area (Å²) in [5, 5.41) is 16.6. The van der Waals surface area contributed by atoms with E-state index < -0.39 is 6.10 Å². The highest BCUT2D eigenvalue weighted by atomic mass is 19.1. The van der Waals surface area contributed by atoms with Crippen molar-refractivity contribution in [1.82, 2.24) is 10.6 Å². The third-order valence-corrected chi connectivity index (χ3v) is 3.86. The van der Waals surface area contributed by atoms with Crippen LogP contribution in [0.25, 0.3) is 0 Å². The number of nitrogens with zero attached hydrogens (tertiary/aromatic N) is 1. The lowest BCUT2D eigenvalue weighted by Gasteiger charge is -2.13. The molecular weight excluding hydrogens is 333 g/mol. The van der Waals surface area contributed by atoms with Gasteiger partial charge in [-0.3, -0.25) is 4.99 Å². The molecule has 2 aromatic rings. The Morgan fingerprint density at radius 2 is 1.96 bits per heavy atom. The van der Waals surface area contributed by atoms with Crippen LogP contribution in [0.15, 0.2) is 53.5 Å². The molecule has 2 rings (SSSR count). The lowest BCUT2D eigenvalue weighted by atomic mass is 10.1. The average Bonchev–Trinajstić information content (AvgIpc) is 2.66. The maximum absolute atomic E-state index is 13.2. The molecule has 0 amide bonds. The predicted octanol–water partition coefficient (Wildman–Crippen LogP) is 2.67. The molecule has 0 spiro atoms. The summed E-state index contributed by atoms with van der Waals surface area (Å²) in [6.45, 7) is 3.55. The van der Waals surface area contributed by atoms with Crippen LogP contribution in [-0.4, -0.2) is 37.8 Å². The van der Waals surface area contributed by atoms with E-state index in [1.807, 2.05) is 37.3 Å². The van der Waals surface area contributed by atoms with E-state index in [1.54, 1.807) is 13.2 Å². The first-order chi connectivity index (χ1) is 12.6. The minimum absolute atomic E-state index is 0.231. The van der Waals surface area contributed by atoms with E-state index in [9.17, 15) is 9.50 Å². The van der Waals surface area contributed by atoms with Gasteiger partial charge in [0.15, 0.2) is 5.96 Å². The molecule has 2 aromatic carbocycles. The Morgan fingerprint density at radius 1 is 1.19 bits per heavy atom. The summed E-state index contributed by atoms with van der Waals surface area (Å²) in [5.41, 5.74) is 1.71. The van der Waals surface area contributed by atoms with E-state index >= 15 is 0 Å². The normalized spacial score (nSPS) is 12.5. The fourth-order valence-corrected chi connectivity index (χ4v) is 2.47. The summed E-state index contributed by atoms with van der Waals surface area (Å²) in [6.07, 6.45) is -0.0111. The number of ether oxygens (including phenoxy) is 1. The number of aliphatic hydroxyl groups is 1. The van der Waals surface area contributed by atoms with Crippen molar-refractivity contribution in [3.63, 3.8) is 0 Å². The molecule has 0 fully saturated rings. The van der Waals surface area contributed by atoms with Crippen molar-refractivity contribution in [2.24, 2.45) is 4.99 Å². The molecule has 0 aliphatic carbocycles. The largest absolute Gasteiger partial charge is 0.497 e. The third-order valence-electron chi connectivity index (χ3n) is 3.86. The van der Waals surface area contributed by atoms with E-state index in [1.165, 1.54) is 12.1 Å². The molecule has 5 nitrogen and oxygen atoms in total. The summed E-state index contributed by atoms with van der Waals surface area (Å²) in [4.78, 5) is 4.42. The molecule has 1 unspecified atom stereocenters. The number of hydrogen-bond acceptors (Lipinski definition) is 3. The lowest BCUT2D eigenvalue weighted by molar-refractivity contribution is 0.187. The van der Waals surface area contributed by atoms with E-state index in [2.05, 4.69) is 15.6 Å². The van der Waals surface area contributed by atoms with Gasteiger partial charge in [-0.2, -0.15) is 0 Å². The van der Waals surface area contributed by atoms with Crippen molar-refractivity contribution in [3.05, 3.63) is 65.5 Å². The van der Waals surface area contributed by atoms with Crippen LogP contribution in [0.5, 0.6) is 5.75 Å². The molecule has 0 heterocycles. The zero-order valence-corrected chi connectivity index (χ0v) is 15.2. The molecule has 0 radical (unpaired) electrons. The molecule has 1 atom stereocenters. The smallest absolute Gasteiger partial charge is 0.191 e. The van der Waals surface area contributed by atoms with Crippen LogP contribution in [0, 0.1) is 5.82 Å². The number of nitrogens with one attached hydrogen (secondary N) is 2. The molecule has 0 saturated heterocycles. The fraction of sp³-hybridized carbons (Fsp3) is 0.350. The standard InChI is InChI=1S/C20H26FN3O2/c1-3-22-20(23-12-11-15-5-4-6-17(21)13-15)24-14-19(25)16-7-9-18(26-2)10-8-16/h4-10,13,19,25H,3,11-12,14H2,1-2H3,(H2,22,23,24). The quantitative estimate of drug-likeness (QED) is 0.501. The van der Waals surface area contributed by atoms with Gasteiger partial charge in [-0.15, -0.1) is 0 Å². The van der Waals surface area contributed by atoms with Crippen molar-refractivity contribution in [1.29, 1.82) is 0 Å². The highest BCUT2D eigenvalue weighted by Crippen LogP contribution is 2.17. The van der Waals surface area contributed by atoms with Crippen molar-refractivity contribution in [2.45, 2.75) is 19.4 Å². The first-order valence-corrected chi connectivity index (χ1v) is 8.71. The van der Waals surface area contributed by atoms with E-state index in [0.29, 0.717) is 25.5 Å². The summed E-state index contributed by atoms with van der Waals surface area (Å²) in [7, 11) is 1.61. The average molecular weight is 359 g/mol. The molecule has 0 saturated carbocycles. The molecule has 6 heteroatoms. The number of guanidine groups is 1. The van der Waals surface area contributed by atoms with Gasteiger partial charge in [-0.1, -0.05) is 24.3 Å². The maximum Gasteiger partial charge on any atom is 0.191 e. The van der Waals surface area contributed by atoms with E-state index in [4.69, 9.17) is 4.74 Å². The monoisotopic (exact) mass is 359 g/mol. The van der Waals surface area contributed by atoms with Crippen LogP contribution in [0.1, 0.15) is 24.2 Å². The Labute approximate surface area is 153 Å². The minimum Gasteiger partial charge on any atom is -0.497 e.